The van der Waals surface area contributed by atoms with Gasteiger partial charge in [0.25, 0.3) is 5.91 Å². The van der Waals surface area contributed by atoms with Crippen LogP contribution in [0.4, 0.5) is 0 Å². The molecule has 0 spiro atoms. The van der Waals surface area contributed by atoms with Gasteiger partial charge in [0.15, 0.2) is 12.4 Å². The summed E-state index contributed by atoms with van der Waals surface area (Å²) in [6.07, 6.45) is 3.54. The monoisotopic (exact) mass is 414 g/mol. The topological polar surface area (TPSA) is 83.8 Å². The van der Waals surface area contributed by atoms with Crippen LogP contribution in [-0.2, 0) is 16.1 Å². The molecule has 1 aromatic heterocycles. The summed E-state index contributed by atoms with van der Waals surface area (Å²) in [5.41, 5.74) is 2.65. The third kappa shape index (κ3) is 3.80. The summed E-state index contributed by atoms with van der Waals surface area (Å²) in [6, 6.07) is 17.1. The number of carbonyl (C=O) groups excluding carboxylic acids is 2. The number of aryl methyl sites for hydroxylation is 1. The quantitative estimate of drug-likeness (QED) is 0.364. The van der Waals surface area contributed by atoms with E-state index in [4.69, 9.17) is 4.74 Å². The van der Waals surface area contributed by atoms with Crippen LogP contribution in [0.2, 0.25) is 0 Å². The van der Waals surface area contributed by atoms with Gasteiger partial charge >= 0.3 is 0 Å². The zero-order valence-electron chi connectivity index (χ0n) is 17.3. The number of H-pyrrole nitrogens is 1. The van der Waals surface area contributed by atoms with Crippen molar-refractivity contribution < 1.29 is 24.4 Å². The minimum atomic E-state index is -0.757. The van der Waals surface area contributed by atoms with Crippen molar-refractivity contribution >= 4 is 17.4 Å². The first-order valence-electron chi connectivity index (χ1n) is 9.92. The van der Waals surface area contributed by atoms with Crippen molar-refractivity contribution in [2.24, 2.45) is 0 Å². The predicted molar refractivity (Wildman–Crippen MR) is 112 cm³/mol. The van der Waals surface area contributed by atoms with E-state index in [-0.39, 0.29) is 12.1 Å². The van der Waals surface area contributed by atoms with E-state index >= 15 is 0 Å². The Kier molecular flexibility index (Phi) is 5.54. The first-order valence-corrected chi connectivity index (χ1v) is 9.92. The molecule has 0 saturated carbocycles. The summed E-state index contributed by atoms with van der Waals surface area (Å²) < 4.78 is 5.27. The number of methoxy groups -OCH3 is 1. The van der Waals surface area contributed by atoms with Crippen LogP contribution in [0.5, 0.6) is 5.75 Å². The number of ketones is 1. The number of nitrogens with one attached hydrogen (secondary N) is 1. The number of hydrogen-bond acceptors (Lipinski definition) is 4. The Labute approximate surface area is 180 Å². The van der Waals surface area contributed by atoms with Crippen LogP contribution in [0.25, 0.3) is 5.76 Å². The Hall–Kier alpha value is -3.93. The maximum absolute atomic E-state index is 13.5. The number of carbonyl (C=O) groups is 2. The third-order valence-corrected chi connectivity index (χ3v) is 5.43. The highest BCUT2D eigenvalue weighted by atomic mass is 16.5. The van der Waals surface area contributed by atoms with Crippen LogP contribution >= 0.6 is 0 Å². The van der Waals surface area contributed by atoms with Crippen molar-refractivity contribution in [2.45, 2.75) is 19.5 Å². The van der Waals surface area contributed by atoms with Crippen LogP contribution in [-0.4, -0.2) is 23.7 Å². The molecule has 2 heterocycles. The number of likely N-dealkylation sites (tertiary alicyclic amines) is 1. The number of amides is 1. The second kappa shape index (κ2) is 8.44. The zero-order chi connectivity index (χ0) is 22.0. The van der Waals surface area contributed by atoms with Gasteiger partial charge in [-0.1, -0.05) is 42.2 Å². The van der Waals surface area contributed by atoms with Gasteiger partial charge in [0.1, 0.15) is 5.75 Å². The predicted octanol–water partition coefficient (Wildman–Crippen LogP) is 2.24. The third-order valence-electron chi connectivity index (χ3n) is 5.43. The lowest BCUT2D eigenvalue weighted by Gasteiger charge is -2.27. The highest BCUT2D eigenvalue weighted by Gasteiger charge is 2.44. The second-order valence-electron chi connectivity index (χ2n) is 7.41. The smallest absolute Gasteiger partial charge is 0.295 e. The zero-order valence-corrected chi connectivity index (χ0v) is 17.3. The molecule has 2 aromatic carbocycles. The maximum atomic E-state index is 13.5. The Morgan fingerprint density at radius 3 is 2.52 bits per heavy atom. The highest BCUT2D eigenvalue weighted by molar-refractivity contribution is 6.46. The van der Waals surface area contributed by atoms with Crippen LogP contribution in [0, 0.1) is 6.92 Å². The van der Waals surface area contributed by atoms with Gasteiger partial charge in [0.05, 0.1) is 19.7 Å². The number of ether oxygens (including phenoxy) is 1. The van der Waals surface area contributed by atoms with Crippen molar-refractivity contribution in [1.82, 2.24) is 4.90 Å². The number of hydrogen-bond donors (Lipinski definition) is 0. The fourth-order valence-electron chi connectivity index (χ4n) is 3.92. The molecule has 6 nitrogen and oxygen atoms in total. The van der Waals surface area contributed by atoms with E-state index in [1.165, 1.54) is 4.90 Å². The van der Waals surface area contributed by atoms with E-state index in [9.17, 15) is 14.7 Å². The standard InChI is InChI=1S/C25H22N2O4/c1-16-13-19(10-11-20(16)31-2)23(28)21-22(18-8-4-3-5-9-18)27(25(30)24(21)29)15-17-7-6-12-26-14-17/h3-14,22,28H,15H2,1-2H3/b23-21+. The van der Waals surface area contributed by atoms with Crippen LogP contribution < -0.4 is 14.8 Å². The van der Waals surface area contributed by atoms with E-state index < -0.39 is 23.5 Å². The maximum Gasteiger partial charge on any atom is 0.295 e. The summed E-state index contributed by atoms with van der Waals surface area (Å²) >= 11 is 0. The van der Waals surface area contributed by atoms with Crippen LogP contribution in [0.3, 0.4) is 0 Å². The summed E-state index contributed by atoms with van der Waals surface area (Å²) in [7, 11) is 1.56. The molecule has 0 radical (unpaired) electrons. The lowest BCUT2D eigenvalue weighted by atomic mass is 9.94. The van der Waals surface area contributed by atoms with Gasteiger partial charge in [-0.15, -0.1) is 0 Å². The summed E-state index contributed by atoms with van der Waals surface area (Å²) in [4.78, 5) is 30.5. The molecule has 1 unspecified atom stereocenters. The van der Waals surface area contributed by atoms with E-state index in [0.717, 1.165) is 16.7 Å². The van der Waals surface area contributed by atoms with Gasteiger partial charge in [-0.25, -0.2) is 4.98 Å². The highest BCUT2D eigenvalue weighted by Crippen LogP contribution is 2.39. The summed E-state index contributed by atoms with van der Waals surface area (Å²) in [6.45, 7) is 2.04. The molecule has 6 heteroatoms. The lowest BCUT2D eigenvalue weighted by Crippen LogP contribution is -2.29. The molecule has 31 heavy (non-hydrogen) atoms. The van der Waals surface area contributed by atoms with Crippen molar-refractivity contribution in [2.75, 3.05) is 7.11 Å². The normalized spacial score (nSPS) is 17.7. The first-order chi connectivity index (χ1) is 15.0. The van der Waals surface area contributed by atoms with Crippen molar-refractivity contribution in [3.8, 4) is 5.75 Å². The molecule has 156 valence electrons. The molecule has 1 amide bonds. The summed E-state index contributed by atoms with van der Waals surface area (Å²) in [5, 5.41) is 13.5. The van der Waals surface area contributed by atoms with E-state index in [1.54, 1.807) is 37.7 Å². The number of pyridine rings is 1. The molecule has 1 aliphatic heterocycles. The van der Waals surface area contributed by atoms with E-state index in [0.29, 0.717) is 11.3 Å². The number of benzene rings is 2. The number of aromatic nitrogens is 1. The van der Waals surface area contributed by atoms with E-state index in [1.807, 2.05) is 49.4 Å². The Bertz CT molecular complexity index is 1160. The number of Topliss-reactive ketones (excluding diaryl/α,β-unsaturated/α-hetero) is 1. The number of nitrogens with zero attached hydrogens (tertiary/aromatic N) is 1. The lowest BCUT2D eigenvalue weighted by molar-refractivity contribution is -0.378. The van der Waals surface area contributed by atoms with E-state index in [2.05, 4.69) is 4.98 Å². The van der Waals surface area contributed by atoms with Crippen LogP contribution in [0.15, 0.2) is 78.6 Å². The van der Waals surface area contributed by atoms with Gasteiger partial charge in [-0.05, 0) is 41.8 Å². The van der Waals surface area contributed by atoms with Crippen LogP contribution in [0.1, 0.15) is 28.3 Å². The van der Waals surface area contributed by atoms with Gasteiger partial charge in [-0.2, -0.15) is 0 Å². The minimum absolute atomic E-state index is 0.0272. The Morgan fingerprint density at radius 1 is 1.10 bits per heavy atom. The average Bonchev–Trinajstić information content (AvgIpc) is 3.04. The molecule has 0 aliphatic carbocycles. The SMILES string of the molecule is COc1ccc(/C([O-])=C2\C(=O)C(=O)N(Cc3ccc[nH+]c3)C2c2ccccc2)cc1C. The largest absolute Gasteiger partial charge is 0.872 e. The molecule has 1 atom stereocenters. The molecular weight excluding hydrogens is 392 g/mol. The Balaban J connectivity index is 1.85. The summed E-state index contributed by atoms with van der Waals surface area (Å²) in [5.74, 6) is -1.23. The number of aromatic amines is 1. The van der Waals surface area contributed by atoms with Gasteiger partial charge < -0.3 is 14.7 Å². The van der Waals surface area contributed by atoms with Crippen molar-refractivity contribution in [3.63, 3.8) is 0 Å². The second-order valence-corrected chi connectivity index (χ2v) is 7.41. The average molecular weight is 414 g/mol. The molecule has 0 bridgehead atoms. The minimum Gasteiger partial charge on any atom is -0.872 e. The molecule has 3 aromatic rings. The fourth-order valence-corrected chi connectivity index (χ4v) is 3.92. The van der Waals surface area contributed by atoms with Crippen molar-refractivity contribution in [1.29, 1.82) is 0 Å². The van der Waals surface area contributed by atoms with Crippen molar-refractivity contribution in [3.05, 3.63) is 101 Å². The van der Waals surface area contributed by atoms with Gasteiger partial charge in [0, 0.05) is 17.2 Å². The molecule has 1 aliphatic rings. The fraction of sp³-hybridized carbons (Fsp3) is 0.160. The molecular formula is C25H22N2O4. The van der Waals surface area contributed by atoms with Gasteiger partial charge in [0.2, 0.25) is 5.78 Å². The first kappa shape index (κ1) is 20.3. The molecule has 1 saturated heterocycles. The molecule has 4 rings (SSSR count). The number of rotatable bonds is 5. The van der Waals surface area contributed by atoms with Gasteiger partial charge in [-0.3, -0.25) is 9.59 Å². The molecule has 1 N–H and O–H groups in total. The molecule has 1 fully saturated rings. The Morgan fingerprint density at radius 2 is 1.87 bits per heavy atom.